The van der Waals surface area contributed by atoms with Gasteiger partial charge in [-0.15, -0.1) is 0 Å². The quantitative estimate of drug-likeness (QED) is 0.853. The number of allylic oxidation sites excluding steroid dienone is 1. The molecule has 0 atom stereocenters. The number of hydrogen-bond acceptors (Lipinski definition) is 3. The van der Waals surface area contributed by atoms with E-state index < -0.39 is 0 Å². The van der Waals surface area contributed by atoms with Gasteiger partial charge in [-0.25, -0.2) is 0 Å². The van der Waals surface area contributed by atoms with Crippen LogP contribution in [-0.4, -0.2) is 18.0 Å². The summed E-state index contributed by atoms with van der Waals surface area (Å²) in [5.74, 6) is 0.549. The first kappa shape index (κ1) is 14.4. The smallest absolute Gasteiger partial charge is 0.190 e. The number of carbonyl (C=O) groups is 1. The Bertz CT molecular complexity index is 785. The zero-order valence-electron chi connectivity index (χ0n) is 12.9. The fourth-order valence-corrected chi connectivity index (χ4v) is 3.00. The zero-order valence-corrected chi connectivity index (χ0v) is 12.9. The Balaban J connectivity index is 2.11. The molecule has 3 heteroatoms. The molecule has 2 aromatic carbocycles. The Labute approximate surface area is 129 Å². The van der Waals surface area contributed by atoms with Crippen molar-refractivity contribution in [2.45, 2.75) is 19.3 Å². The summed E-state index contributed by atoms with van der Waals surface area (Å²) in [4.78, 5) is 12.7. The van der Waals surface area contributed by atoms with E-state index >= 15 is 0 Å². The summed E-state index contributed by atoms with van der Waals surface area (Å²) in [6.07, 6.45) is 1.88. The summed E-state index contributed by atoms with van der Waals surface area (Å²) in [6, 6.07) is 12.8. The molecule has 2 aromatic rings. The topological polar surface area (TPSA) is 46.5 Å². The Morgan fingerprint density at radius 2 is 1.86 bits per heavy atom. The molecule has 0 spiro atoms. The van der Waals surface area contributed by atoms with Crippen molar-refractivity contribution in [2.75, 3.05) is 7.11 Å². The van der Waals surface area contributed by atoms with Gasteiger partial charge in [-0.1, -0.05) is 44.2 Å². The number of ether oxygens (including phenoxy) is 1. The Hall–Kier alpha value is -2.55. The number of carbonyl (C=O) groups excluding carboxylic acids is 1. The molecule has 0 aliphatic heterocycles. The summed E-state index contributed by atoms with van der Waals surface area (Å²) < 4.78 is 5.13. The van der Waals surface area contributed by atoms with Gasteiger partial charge in [-0.05, 0) is 29.3 Å². The second-order valence-electron chi connectivity index (χ2n) is 5.99. The van der Waals surface area contributed by atoms with Crippen molar-refractivity contribution >= 4 is 11.9 Å². The van der Waals surface area contributed by atoms with Crippen molar-refractivity contribution in [1.29, 1.82) is 0 Å². The highest BCUT2D eigenvalue weighted by atomic mass is 16.5. The molecule has 3 rings (SSSR count). The molecule has 0 fully saturated rings. The minimum absolute atomic E-state index is 0.0626. The summed E-state index contributed by atoms with van der Waals surface area (Å²) in [5, 5.41) is 9.68. The molecule has 0 saturated heterocycles. The standard InChI is InChI=1S/C19H18O3/c1-19(2)14-7-5-4-6-13(14)18(21)15(19)10-12-8-9-16(20)17(11-12)22-3/h4-11,20H,1-3H3/b15-10-. The summed E-state index contributed by atoms with van der Waals surface area (Å²) >= 11 is 0. The van der Waals surface area contributed by atoms with E-state index in [0.717, 1.165) is 22.3 Å². The number of ketones is 1. The maximum Gasteiger partial charge on any atom is 0.190 e. The average Bonchev–Trinajstić information content (AvgIpc) is 2.70. The SMILES string of the molecule is COc1cc(/C=C2/C(=O)c3ccccc3C2(C)C)ccc1O. The van der Waals surface area contributed by atoms with Crippen LogP contribution in [0.25, 0.3) is 6.08 Å². The van der Waals surface area contributed by atoms with Gasteiger partial charge in [0.05, 0.1) is 7.11 Å². The van der Waals surface area contributed by atoms with E-state index in [1.807, 2.05) is 30.3 Å². The van der Waals surface area contributed by atoms with Crippen molar-refractivity contribution in [1.82, 2.24) is 0 Å². The Morgan fingerprint density at radius 1 is 1.14 bits per heavy atom. The minimum atomic E-state index is -0.335. The van der Waals surface area contributed by atoms with Crippen LogP contribution >= 0.6 is 0 Å². The molecule has 1 aliphatic rings. The van der Waals surface area contributed by atoms with E-state index in [2.05, 4.69) is 13.8 Å². The van der Waals surface area contributed by atoms with E-state index in [4.69, 9.17) is 4.74 Å². The second-order valence-corrected chi connectivity index (χ2v) is 5.99. The predicted octanol–water partition coefficient (Wildman–Crippen LogP) is 3.96. The van der Waals surface area contributed by atoms with Crippen LogP contribution in [0.4, 0.5) is 0 Å². The fraction of sp³-hybridized carbons (Fsp3) is 0.211. The number of fused-ring (bicyclic) bond motifs is 1. The van der Waals surface area contributed by atoms with Crippen molar-refractivity contribution in [3.8, 4) is 11.5 Å². The van der Waals surface area contributed by atoms with Crippen LogP contribution in [0, 0.1) is 0 Å². The molecule has 0 heterocycles. The Morgan fingerprint density at radius 3 is 2.55 bits per heavy atom. The van der Waals surface area contributed by atoms with Gasteiger partial charge in [0.2, 0.25) is 0 Å². The lowest BCUT2D eigenvalue weighted by atomic mass is 9.82. The first-order valence-corrected chi connectivity index (χ1v) is 7.18. The predicted molar refractivity (Wildman–Crippen MR) is 86.4 cm³/mol. The highest BCUT2D eigenvalue weighted by Crippen LogP contribution is 2.43. The molecule has 0 unspecified atom stereocenters. The van der Waals surface area contributed by atoms with Crippen molar-refractivity contribution in [2.24, 2.45) is 0 Å². The molecule has 0 radical (unpaired) electrons. The lowest BCUT2D eigenvalue weighted by molar-refractivity contribution is 0.103. The molecule has 0 aromatic heterocycles. The molecule has 0 bridgehead atoms. The van der Waals surface area contributed by atoms with Crippen molar-refractivity contribution in [3.05, 3.63) is 64.7 Å². The molecule has 0 saturated carbocycles. The van der Waals surface area contributed by atoms with E-state index in [-0.39, 0.29) is 16.9 Å². The molecule has 3 nitrogen and oxygen atoms in total. The number of Topliss-reactive ketones (excluding diaryl/α,β-unsaturated/α-hetero) is 1. The molecule has 112 valence electrons. The van der Waals surface area contributed by atoms with Crippen LogP contribution in [0.2, 0.25) is 0 Å². The van der Waals surface area contributed by atoms with Crippen molar-refractivity contribution in [3.63, 3.8) is 0 Å². The van der Waals surface area contributed by atoms with Gasteiger partial charge in [-0.3, -0.25) is 4.79 Å². The summed E-state index contributed by atoms with van der Waals surface area (Å²) in [6.45, 7) is 4.11. The lowest BCUT2D eigenvalue weighted by Crippen LogP contribution is -2.16. The van der Waals surface area contributed by atoms with Crippen LogP contribution in [0.1, 0.15) is 35.3 Å². The third-order valence-electron chi connectivity index (χ3n) is 4.28. The number of phenolic OH excluding ortho intramolecular Hbond substituents is 1. The molecule has 0 amide bonds. The third kappa shape index (κ3) is 2.10. The first-order valence-electron chi connectivity index (χ1n) is 7.18. The van der Waals surface area contributed by atoms with E-state index in [0.29, 0.717) is 5.75 Å². The van der Waals surface area contributed by atoms with Gasteiger partial charge >= 0.3 is 0 Å². The van der Waals surface area contributed by atoms with Crippen LogP contribution in [0.5, 0.6) is 11.5 Å². The number of benzene rings is 2. The zero-order chi connectivity index (χ0) is 15.9. The third-order valence-corrected chi connectivity index (χ3v) is 4.28. The monoisotopic (exact) mass is 294 g/mol. The second kappa shape index (κ2) is 5.02. The fourth-order valence-electron chi connectivity index (χ4n) is 3.00. The number of hydrogen-bond donors (Lipinski definition) is 1. The van der Waals surface area contributed by atoms with Crippen LogP contribution < -0.4 is 4.74 Å². The lowest BCUT2D eigenvalue weighted by Gasteiger charge is -2.20. The number of methoxy groups -OCH3 is 1. The van der Waals surface area contributed by atoms with Gasteiger partial charge in [0.15, 0.2) is 17.3 Å². The largest absolute Gasteiger partial charge is 0.504 e. The summed E-state index contributed by atoms with van der Waals surface area (Å²) in [5.41, 5.74) is 3.07. The van der Waals surface area contributed by atoms with Gasteiger partial charge < -0.3 is 9.84 Å². The Kier molecular flexibility index (Phi) is 3.28. The van der Waals surface area contributed by atoms with Crippen molar-refractivity contribution < 1.29 is 14.6 Å². The minimum Gasteiger partial charge on any atom is -0.504 e. The normalized spacial score (nSPS) is 17.6. The molecular weight excluding hydrogens is 276 g/mol. The van der Waals surface area contributed by atoms with E-state index in [1.54, 1.807) is 18.2 Å². The van der Waals surface area contributed by atoms with Crippen LogP contribution in [0.3, 0.4) is 0 Å². The van der Waals surface area contributed by atoms with Gasteiger partial charge in [-0.2, -0.15) is 0 Å². The van der Waals surface area contributed by atoms with Crippen LogP contribution in [-0.2, 0) is 5.41 Å². The highest BCUT2D eigenvalue weighted by molar-refractivity contribution is 6.17. The van der Waals surface area contributed by atoms with E-state index in [9.17, 15) is 9.90 Å². The molecule has 1 aliphatic carbocycles. The number of rotatable bonds is 2. The van der Waals surface area contributed by atoms with E-state index in [1.165, 1.54) is 7.11 Å². The maximum atomic E-state index is 12.7. The van der Waals surface area contributed by atoms with Crippen LogP contribution in [0.15, 0.2) is 48.0 Å². The summed E-state index contributed by atoms with van der Waals surface area (Å²) in [7, 11) is 1.51. The highest BCUT2D eigenvalue weighted by Gasteiger charge is 2.40. The average molecular weight is 294 g/mol. The molecule has 1 N–H and O–H groups in total. The van der Waals surface area contributed by atoms with Gasteiger partial charge in [0, 0.05) is 16.6 Å². The van der Waals surface area contributed by atoms with Gasteiger partial charge in [0.25, 0.3) is 0 Å². The molecular formula is C19H18O3. The van der Waals surface area contributed by atoms with Gasteiger partial charge in [0.1, 0.15) is 0 Å². The molecule has 22 heavy (non-hydrogen) atoms. The maximum absolute atomic E-state index is 12.7. The first-order chi connectivity index (χ1) is 10.4. The number of aromatic hydroxyl groups is 1. The number of phenols is 1.